The van der Waals surface area contributed by atoms with Crippen LogP contribution in [0.25, 0.3) is 0 Å². The van der Waals surface area contributed by atoms with Gasteiger partial charge in [-0.25, -0.2) is 0 Å². The summed E-state index contributed by atoms with van der Waals surface area (Å²) in [5.41, 5.74) is 1.13. The monoisotopic (exact) mass is 314 g/mol. The van der Waals surface area contributed by atoms with Crippen molar-refractivity contribution in [3.05, 3.63) is 34.6 Å². The molecule has 23 heavy (non-hydrogen) atoms. The van der Waals surface area contributed by atoms with Crippen molar-refractivity contribution in [1.82, 2.24) is 0 Å². The zero-order valence-corrected chi connectivity index (χ0v) is 14.7. The third kappa shape index (κ3) is 2.16. The summed E-state index contributed by atoms with van der Waals surface area (Å²) in [5, 5.41) is 10.7. The standard InChI is InChI=1S/C20H26O3/c1-11(2)12-9-14(21)16-13(17(12)23)10-15(22)18-19(3,4)7-6-8-20(16,18)5/h9-11,18,21H,6-8H2,1-5H3. The summed E-state index contributed by atoms with van der Waals surface area (Å²) >= 11 is 0. The van der Waals surface area contributed by atoms with Crippen molar-refractivity contribution < 1.29 is 14.7 Å². The molecule has 2 atom stereocenters. The Morgan fingerprint density at radius 2 is 1.78 bits per heavy atom. The van der Waals surface area contributed by atoms with Gasteiger partial charge in [0.2, 0.25) is 0 Å². The molecule has 0 amide bonds. The fourth-order valence-electron chi connectivity index (χ4n) is 5.12. The highest BCUT2D eigenvalue weighted by molar-refractivity contribution is 6.18. The highest BCUT2D eigenvalue weighted by Gasteiger charge is 2.56. The number of ketones is 2. The minimum Gasteiger partial charge on any atom is -0.508 e. The molecule has 124 valence electrons. The van der Waals surface area contributed by atoms with E-state index >= 15 is 0 Å². The molecule has 0 aromatic heterocycles. The van der Waals surface area contributed by atoms with Gasteiger partial charge in [0.15, 0.2) is 11.6 Å². The van der Waals surface area contributed by atoms with Gasteiger partial charge < -0.3 is 5.11 Å². The molecule has 0 aromatic carbocycles. The quantitative estimate of drug-likeness (QED) is 0.785. The van der Waals surface area contributed by atoms with Gasteiger partial charge in [-0.15, -0.1) is 0 Å². The van der Waals surface area contributed by atoms with E-state index in [1.165, 1.54) is 6.08 Å². The number of Topliss-reactive ketones (excluding diaryl/α,β-unsaturated/α-hetero) is 1. The first-order valence-corrected chi connectivity index (χ1v) is 8.55. The summed E-state index contributed by atoms with van der Waals surface area (Å²) < 4.78 is 0. The Kier molecular flexibility index (Phi) is 3.48. The summed E-state index contributed by atoms with van der Waals surface area (Å²) in [6.07, 6.45) is 5.97. The van der Waals surface area contributed by atoms with E-state index in [-0.39, 0.29) is 34.6 Å². The molecule has 0 aliphatic heterocycles. The molecule has 1 saturated carbocycles. The molecule has 0 aromatic rings. The molecule has 0 bridgehead atoms. The van der Waals surface area contributed by atoms with Crippen molar-refractivity contribution in [3.8, 4) is 0 Å². The third-order valence-electron chi connectivity index (χ3n) is 6.02. The van der Waals surface area contributed by atoms with Crippen LogP contribution in [-0.2, 0) is 9.59 Å². The second kappa shape index (κ2) is 4.93. The number of fused-ring (bicyclic) bond motifs is 3. The predicted molar refractivity (Wildman–Crippen MR) is 89.9 cm³/mol. The van der Waals surface area contributed by atoms with Crippen LogP contribution in [0.3, 0.4) is 0 Å². The van der Waals surface area contributed by atoms with Crippen molar-refractivity contribution >= 4 is 11.6 Å². The maximum absolute atomic E-state index is 12.9. The Morgan fingerprint density at radius 3 is 2.39 bits per heavy atom. The second-order valence-electron chi connectivity index (χ2n) is 8.50. The van der Waals surface area contributed by atoms with Crippen molar-refractivity contribution in [2.24, 2.45) is 22.7 Å². The van der Waals surface area contributed by atoms with E-state index < -0.39 is 5.41 Å². The summed E-state index contributed by atoms with van der Waals surface area (Å²) in [4.78, 5) is 25.7. The Balaban J connectivity index is 2.26. The lowest BCUT2D eigenvalue weighted by molar-refractivity contribution is -0.131. The summed E-state index contributed by atoms with van der Waals surface area (Å²) in [6.45, 7) is 10.2. The molecule has 0 spiro atoms. The Morgan fingerprint density at radius 1 is 1.13 bits per heavy atom. The van der Waals surface area contributed by atoms with Gasteiger partial charge in [0.1, 0.15) is 5.76 Å². The number of carbonyl (C=O) groups excluding carboxylic acids is 2. The molecular formula is C20H26O3. The van der Waals surface area contributed by atoms with Gasteiger partial charge in [0, 0.05) is 28.1 Å². The molecule has 3 rings (SSSR count). The predicted octanol–water partition coefficient (Wildman–Crippen LogP) is 4.31. The average Bonchev–Trinajstić information content (AvgIpc) is 2.40. The smallest absolute Gasteiger partial charge is 0.189 e. The lowest BCUT2D eigenvalue weighted by Gasteiger charge is -2.53. The topological polar surface area (TPSA) is 54.4 Å². The molecule has 3 aliphatic carbocycles. The van der Waals surface area contributed by atoms with Gasteiger partial charge in [-0.05, 0) is 36.3 Å². The van der Waals surface area contributed by atoms with Crippen LogP contribution in [-0.4, -0.2) is 16.7 Å². The molecule has 3 aliphatic rings. The highest BCUT2D eigenvalue weighted by atomic mass is 16.3. The normalized spacial score (nSPS) is 33.2. The van der Waals surface area contributed by atoms with E-state index in [1.807, 2.05) is 13.8 Å². The largest absolute Gasteiger partial charge is 0.508 e. The number of carbonyl (C=O) groups is 2. The van der Waals surface area contributed by atoms with E-state index in [2.05, 4.69) is 20.8 Å². The molecule has 3 nitrogen and oxygen atoms in total. The molecule has 2 unspecified atom stereocenters. The lowest BCUT2D eigenvalue weighted by atomic mass is 9.49. The van der Waals surface area contributed by atoms with Gasteiger partial charge in [0.05, 0.1) is 0 Å². The van der Waals surface area contributed by atoms with Gasteiger partial charge in [0.25, 0.3) is 0 Å². The number of hydrogen-bond acceptors (Lipinski definition) is 3. The SMILES string of the molecule is CC(C)C1=CC(O)=C2C(=CC(=O)C3C(C)(C)CCCC23C)C1=O. The van der Waals surface area contributed by atoms with Crippen LogP contribution < -0.4 is 0 Å². The number of rotatable bonds is 1. The van der Waals surface area contributed by atoms with Gasteiger partial charge in [-0.1, -0.05) is 41.0 Å². The number of aliphatic hydroxyl groups excluding tert-OH is 1. The average molecular weight is 314 g/mol. The molecule has 0 radical (unpaired) electrons. The van der Waals surface area contributed by atoms with E-state index in [0.717, 1.165) is 19.3 Å². The first kappa shape index (κ1) is 16.2. The van der Waals surface area contributed by atoms with Gasteiger partial charge >= 0.3 is 0 Å². The third-order valence-corrected chi connectivity index (χ3v) is 6.02. The fraction of sp³-hybridized carbons (Fsp3) is 0.600. The van der Waals surface area contributed by atoms with Crippen molar-refractivity contribution in [3.63, 3.8) is 0 Å². The van der Waals surface area contributed by atoms with E-state index in [1.54, 1.807) is 6.08 Å². The van der Waals surface area contributed by atoms with Crippen molar-refractivity contribution in [2.45, 2.75) is 53.9 Å². The molecule has 0 heterocycles. The number of aliphatic hydroxyl groups is 1. The van der Waals surface area contributed by atoms with Crippen LogP contribution in [0.15, 0.2) is 34.6 Å². The summed E-state index contributed by atoms with van der Waals surface area (Å²) in [6, 6.07) is 0. The molecule has 1 fully saturated rings. The van der Waals surface area contributed by atoms with Crippen molar-refractivity contribution in [1.29, 1.82) is 0 Å². The van der Waals surface area contributed by atoms with Crippen LogP contribution in [0.5, 0.6) is 0 Å². The van der Waals surface area contributed by atoms with E-state index in [0.29, 0.717) is 16.7 Å². The van der Waals surface area contributed by atoms with Crippen LogP contribution >= 0.6 is 0 Å². The first-order valence-electron chi connectivity index (χ1n) is 8.55. The number of hydrogen-bond donors (Lipinski definition) is 1. The maximum atomic E-state index is 12.9. The molecule has 1 N–H and O–H groups in total. The zero-order chi connectivity index (χ0) is 17.2. The zero-order valence-electron chi connectivity index (χ0n) is 14.7. The van der Waals surface area contributed by atoms with Gasteiger partial charge in [-0.2, -0.15) is 0 Å². The minimum absolute atomic E-state index is 0.0236. The van der Waals surface area contributed by atoms with E-state index in [9.17, 15) is 14.7 Å². The van der Waals surface area contributed by atoms with Gasteiger partial charge in [-0.3, -0.25) is 9.59 Å². The van der Waals surface area contributed by atoms with Crippen LogP contribution in [0.1, 0.15) is 53.9 Å². The summed E-state index contributed by atoms with van der Waals surface area (Å²) in [7, 11) is 0. The fourth-order valence-corrected chi connectivity index (χ4v) is 5.12. The first-order chi connectivity index (χ1) is 10.6. The Hall–Kier alpha value is -1.64. The van der Waals surface area contributed by atoms with E-state index in [4.69, 9.17) is 0 Å². The Labute approximate surface area is 138 Å². The molecular weight excluding hydrogens is 288 g/mol. The Bertz CT molecular complexity index is 688. The van der Waals surface area contributed by atoms with Crippen molar-refractivity contribution in [2.75, 3.05) is 0 Å². The molecule has 0 saturated heterocycles. The van der Waals surface area contributed by atoms with Crippen LogP contribution in [0.2, 0.25) is 0 Å². The number of allylic oxidation sites excluding steroid dienone is 5. The summed E-state index contributed by atoms with van der Waals surface area (Å²) in [5.74, 6) is -0.0226. The highest BCUT2D eigenvalue weighted by Crippen LogP contribution is 2.59. The van der Waals surface area contributed by atoms with Crippen LogP contribution in [0, 0.1) is 22.7 Å². The maximum Gasteiger partial charge on any atom is 0.189 e. The second-order valence-corrected chi connectivity index (χ2v) is 8.50. The van der Waals surface area contributed by atoms with Crippen LogP contribution in [0.4, 0.5) is 0 Å². The minimum atomic E-state index is -0.457. The lowest BCUT2D eigenvalue weighted by Crippen LogP contribution is -2.51. The molecule has 3 heteroatoms.